The summed E-state index contributed by atoms with van der Waals surface area (Å²) >= 11 is 1.55. The normalized spacial score (nSPS) is 14.8. The van der Waals surface area contributed by atoms with Gasteiger partial charge in [-0.05, 0) is 31.9 Å². The number of carbonyl (C=O) groups is 1. The molecule has 126 valence electrons. The Kier molecular flexibility index (Phi) is 4.62. The number of nitro benzene ring substituents is 1. The van der Waals surface area contributed by atoms with E-state index >= 15 is 0 Å². The summed E-state index contributed by atoms with van der Waals surface area (Å²) in [6.45, 7) is 3.18. The van der Waals surface area contributed by atoms with Crippen LogP contribution in [0.3, 0.4) is 0 Å². The van der Waals surface area contributed by atoms with Crippen LogP contribution >= 0.6 is 11.3 Å². The second-order valence-corrected chi connectivity index (χ2v) is 7.17. The lowest BCUT2D eigenvalue weighted by Gasteiger charge is -2.10. The van der Waals surface area contributed by atoms with Gasteiger partial charge in [-0.25, -0.2) is 4.98 Å². The van der Waals surface area contributed by atoms with Crippen LogP contribution in [0.5, 0.6) is 5.75 Å². The number of nitrogens with zero attached hydrogens (tertiary/aromatic N) is 2. The largest absolute Gasteiger partial charge is 0.419 e. The van der Waals surface area contributed by atoms with Crippen LogP contribution in [0, 0.1) is 17.0 Å². The summed E-state index contributed by atoms with van der Waals surface area (Å²) < 4.78 is 4.94. The maximum Gasteiger partial charge on any atom is 0.312 e. The zero-order chi connectivity index (χ0) is 17.3. The Labute approximate surface area is 143 Å². The molecule has 0 radical (unpaired) electrons. The highest BCUT2D eigenvalue weighted by Gasteiger charge is 2.26. The van der Waals surface area contributed by atoms with E-state index in [1.54, 1.807) is 17.4 Å². The Hall–Kier alpha value is -2.28. The van der Waals surface area contributed by atoms with E-state index < -0.39 is 10.9 Å². The first-order valence-corrected chi connectivity index (χ1v) is 8.72. The number of esters is 1. The van der Waals surface area contributed by atoms with Crippen molar-refractivity contribution in [1.29, 1.82) is 0 Å². The molecule has 0 saturated heterocycles. The van der Waals surface area contributed by atoms with Crippen molar-refractivity contribution in [3.05, 3.63) is 39.0 Å². The van der Waals surface area contributed by atoms with Crippen molar-refractivity contribution in [2.45, 2.75) is 45.4 Å². The van der Waals surface area contributed by atoms with Crippen LogP contribution in [0.25, 0.3) is 10.4 Å². The van der Waals surface area contributed by atoms with E-state index in [1.807, 2.05) is 6.92 Å². The van der Waals surface area contributed by atoms with Gasteiger partial charge in [0, 0.05) is 24.5 Å². The van der Waals surface area contributed by atoms with Crippen molar-refractivity contribution in [2.75, 3.05) is 0 Å². The molecule has 0 amide bonds. The van der Waals surface area contributed by atoms with Crippen LogP contribution < -0.4 is 4.74 Å². The molecule has 1 fully saturated rings. The van der Waals surface area contributed by atoms with Crippen molar-refractivity contribution in [1.82, 2.24) is 4.98 Å². The number of rotatable bonds is 4. The molecule has 1 aromatic heterocycles. The summed E-state index contributed by atoms with van der Waals surface area (Å²) in [4.78, 5) is 27.6. The van der Waals surface area contributed by atoms with Gasteiger partial charge in [0.1, 0.15) is 0 Å². The van der Waals surface area contributed by atoms with Crippen molar-refractivity contribution in [3.8, 4) is 16.2 Å². The van der Waals surface area contributed by atoms with Crippen molar-refractivity contribution < 1.29 is 14.5 Å². The first-order valence-electron chi connectivity index (χ1n) is 7.90. The highest BCUT2D eigenvalue weighted by atomic mass is 32.1. The lowest BCUT2D eigenvalue weighted by atomic mass is 10.00. The number of aryl methyl sites for hydroxylation is 1. The standard InChI is InChI=1S/C17H18N2O4S/c1-10-18-16(12-5-3-4-6-12)17(24-10)13-7-8-15(23-11(2)20)14(9-13)19(21)22/h7-9,12H,3-6H2,1-2H3. The quantitative estimate of drug-likeness (QED) is 0.349. The first-order chi connectivity index (χ1) is 11.5. The van der Waals surface area contributed by atoms with Gasteiger partial charge in [0.05, 0.1) is 20.5 Å². The van der Waals surface area contributed by atoms with Gasteiger partial charge in [-0.1, -0.05) is 12.8 Å². The number of nitro groups is 1. The second-order valence-electron chi connectivity index (χ2n) is 5.96. The minimum absolute atomic E-state index is 0.0279. The van der Waals surface area contributed by atoms with Crippen LogP contribution in [0.4, 0.5) is 5.69 Å². The molecular weight excluding hydrogens is 328 g/mol. The fourth-order valence-electron chi connectivity index (χ4n) is 3.17. The number of hydrogen-bond acceptors (Lipinski definition) is 6. The first kappa shape index (κ1) is 16.6. The molecule has 0 spiro atoms. The monoisotopic (exact) mass is 346 g/mol. The zero-order valence-electron chi connectivity index (χ0n) is 13.6. The average molecular weight is 346 g/mol. The highest BCUT2D eigenvalue weighted by Crippen LogP contribution is 2.43. The van der Waals surface area contributed by atoms with Gasteiger partial charge in [0.2, 0.25) is 5.75 Å². The third-order valence-electron chi connectivity index (χ3n) is 4.17. The molecule has 0 atom stereocenters. The number of hydrogen-bond donors (Lipinski definition) is 0. The van der Waals surface area contributed by atoms with Crippen molar-refractivity contribution in [2.24, 2.45) is 0 Å². The van der Waals surface area contributed by atoms with Crippen LogP contribution in [-0.4, -0.2) is 15.9 Å². The summed E-state index contributed by atoms with van der Waals surface area (Å²) in [5.74, 6) is -0.178. The van der Waals surface area contributed by atoms with Gasteiger partial charge in [0.25, 0.3) is 0 Å². The van der Waals surface area contributed by atoms with E-state index in [1.165, 1.54) is 31.9 Å². The molecule has 0 aliphatic heterocycles. The number of benzene rings is 1. The van der Waals surface area contributed by atoms with Gasteiger partial charge in [-0.3, -0.25) is 14.9 Å². The predicted molar refractivity (Wildman–Crippen MR) is 91.5 cm³/mol. The Bertz CT molecular complexity index is 794. The van der Waals surface area contributed by atoms with Crippen LogP contribution in [0.2, 0.25) is 0 Å². The number of thiazole rings is 1. The molecule has 1 saturated carbocycles. The molecule has 2 aromatic rings. The van der Waals surface area contributed by atoms with Crippen LogP contribution in [-0.2, 0) is 4.79 Å². The Morgan fingerprint density at radius 1 is 1.38 bits per heavy atom. The third kappa shape index (κ3) is 3.31. The molecule has 1 aliphatic carbocycles. The van der Waals surface area contributed by atoms with E-state index in [0.29, 0.717) is 5.92 Å². The zero-order valence-corrected chi connectivity index (χ0v) is 14.4. The fraction of sp³-hybridized carbons (Fsp3) is 0.412. The number of ether oxygens (including phenoxy) is 1. The molecule has 3 rings (SSSR count). The second kappa shape index (κ2) is 6.68. The minimum atomic E-state index is -0.578. The van der Waals surface area contributed by atoms with Crippen LogP contribution in [0.1, 0.15) is 49.2 Å². The van der Waals surface area contributed by atoms with Crippen molar-refractivity contribution in [3.63, 3.8) is 0 Å². The van der Waals surface area contributed by atoms with Crippen LogP contribution in [0.15, 0.2) is 18.2 Å². The average Bonchev–Trinajstić information content (AvgIpc) is 3.15. The molecule has 0 unspecified atom stereocenters. The molecule has 7 heteroatoms. The molecular formula is C17H18N2O4S. The molecule has 1 heterocycles. The van der Waals surface area contributed by atoms with E-state index in [-0.39, 0.29) is 11.4 Å². The van der Waals surface area contributed by atoms with E-state index in [0.717, 1.165) is 34.0 Å². The molecule has 1 aliphatic rings. The van der Waals surface area contributed by atoms with Gasteiger partial charge in [0.15, 0.2) is 0 Å². The van der Waals surface area contributed by atoms with Gasteiger partial charge < -0.3 is 4.74 Å². The summed E-state index contributed by atoms with van der Waals surface area (Å²) in [6.07, 6.45) is 4.63. The van der Waals surface area contributed by atoms with E-state index in [9.17, 15) is 14.9 Å². The molecule has 24 heavy (non-hydrogen) atoms. The summed E-state index contributed by atoms with van der Waals surface area (Å²) in [6, 6.07) is 4.72. The smallest absolute Gasteiger partial charge is 0.312 e. The Morgan fingerprint density at radius 3 is 2.71 bits per heavy atom. The number of carbonyl (C=O) groups excluding carboxylic acids is 1. The van der Waals surface area contributed by atoms with Crippen molar-refractivity contribution >= 4 is 23.0 Å². The molecule has 0 bridgehead atoms. The molecule has 0 N–H and O–H groups in total. The summed E-state index contributed by atoms with van der Waals surface area (Å²) in [5.41, 5.74) is 1.60. The number of aromatic nitrogens is 1. The fourth-order valence-corrected chi connectivity index (χ4v) is 4.17. The highest BCUT2D eigenvalue weighted by molar-refractivity contribution is 7.15. The van der Waals surface area contributed by atoms with Gasteiger partial charge >= 0.3 is 11.7 Å². The van der Waals surface area contributed by atoms with E-state index in [2.05, 4.69) is 4.98 Å². The molecule has 1 aromatic carbocycles. The topological polar surface area (TPSA) is 82.3 Å². The Balaban J connectivity index is 2.05. The minimum Gasteiger partial charge on any atom is -0.419 e. The SMILES string of the molecule is CC(=O)Oc1ccc(-c2sc(C)nc2C2CCCC2)cc1[N+](=O)[O-]. The Morgan fingerprint density at radius 2 is 2.08 bits per heavy atom. The lowest BCUT2D eigenvalue weighted by Crippen LogP contribution is -2.04. The summed E-state index contributed by atoms with van der Waals surface area (Å²) in [7, 11) is 0. The summed E-state index contributed by atoms with van der Waals surface area (Å²) in [5, 5.41) is 12.3. The molecule has 6 nitrogen and oxygen atoms in total. The van der Waals surface area contributed by atoms with Gasteiger partial charge in [-0.2, -0.15) is 0 Å². The van der Waals surface area contributed by atoms with E-state index in [4.69, 9.17) is 4.74 Å². The maximum absolute atomic E-state index is 11.3. The third-order valence-corrected chi connectivity index (χ3v) is 5.21. The maximum atomic E-state index is 11.3. The predicted octanol–water partition coefficient (Wildman–Crippen LogP) is 4.61. The lowest BCUT2D eigenvalue weighted by molar-refractivity contribution is -0.385. The van der Waals surface area contributed by atoms with Gasteiger partial charge in [-0.15, -0.1) is 11.3 Å².